The summed E-state index contributed by atoms with van der Waals surface area (Å²) in [4.78, 5) is 44.4. The van der Waals surface area contributed by atoms with Gasteiger partial charge in [-0.25, -0.2) is 4.98 Å². The Balaban J connectivity index is 0.846. The number of nitroso groups, excluding NO2 is 1. The van der Waals surface area contributed by atoms with Gasteiger partial charge in [-0.1, -0.05) is 44.5 Å². The summed E-state index contributed by atoms with van der Waals surface area (Å²) in [5.74, 6) is 2.46. The summed E-state index contributed by atoms with van der Waals surface area (Å²) in [7, 11) is 0. The second-order valence-corrected chi connectivity index (χ2v) is 21.5. The van der Waals surface area contributed by atoms with Crippen LogP contribution in [0.3, 0.4) is 0 Å². The predicted molar refractivity (Wildman–Crippen MR) is 269 cm³/mol. The molecule has 3 atom stereocenters. The fraction of sp³-hybridized carbons (Fsp3) is 0.528. The van der Waals surface area contributed by atoms with E-state index in [1.165, 1.54) is 24.8 Å². The van der Waals surface area contributed by atoms with Crippen molar-refractivity contribution < 1.29 is 28.8 Å². The van der Waals surface area contributed by atoms with Crippen LogP contribution in [0.15, 0.2) is 83.1 Å². The first-order valence-corrected chi connectivity index (χ1v) is 25.8. The molecule has 4 N–H and O–H groups in total. The van der Waals surface area contributed by atoms with Gasteiger partial charge >= 0.3 is 0 Å². The van der Waals surface area contributed by atoms with Gasteiger partial charge in [-0.2, -0.15) is 4.98 Å². The molecule has 3 aliphatic heterocycles. The third kappa shape index (κ3) is 10.7. The largest absolute Gasteiger partial charge is 0.472 e. The number of likely N-dealkylation sites (tertiary alicyclic amines) is 1. The molecule has 3 saturated heterocycles. The van der Waals surface area contributed by atoms with E-state index in [1.54, 1.807) is 17.8 Å². The lowest BCUT2D eigenvalue weighted by Crippen LogP contribution is -2.63. The zero-order valence-electron chi connectivity index (χ0n) is 40.1. The number of carbonyl (C=O) groups excluding carboxylic acids is 1. The lowest BCUT2D eigenvalue weighted by atomic mass is 9.70. The molecule has 2 aliphatic carbocycles. The quantitative estimate of drug-likeness (QED) is 0.0544. The van der Waals surface area contributed by atoms with Crippen LogP contribution in [-0.2, 0) is 9.47 Å². The molecule has 69 heavy (non-hydrogen) atoms. The highest BCUT2D eigenvalue weighted by molar-refractivity contribution is 7.98. The zero-order valence-corrected chi connectivity index (χ0v) is 40.9. The zero-order chi connectivity index (χ0) is 47.5. The lowest BCUT2D eigenvalue weighted by Gasteiger charge is -2.57. The van der Waals surface area contributed by atoms with Crippen LogP contribution in [0.25, 0.3) is 11.0 Å². The number of benzene rings is 2. The number of nitrogens with zero attached hydrogens (tertiary/aromatic N) is 5. The van der Waals surface area contributed by atoms with E-state index >= 15 is 0 Å². The van der Waals surface area contributed by atoms with Crippen molar-refractivity contribution >= 4 is 46.1 Å². The molecule has 5 fully saturated rings. The molecule has 15 nitrogen and oxygen atoms in total. The number of pyridine rings is 2. The second-order valence-electron chi connectivity index (χ2n) is 20.6. The van der Waals surface area contributed by atoms with E-state index < -0.39 is 11.5 Å². The number of rotatable bonds is 16. The number of hydrogen-bond acceptors (Lipinski definition) is 14. The molecule has 10 rings (SSSR count). The predicted octanol–water partition coefficient (Wildman–Crippen LogP) is 10.1. The second kappa shape index (κ2) is 20.6. The van der Waals surface area contributed by atoms with Crippen molar-refractivity contribution in [2.24, 2.45) is 16.5 Å². The van der Waals surface area contributed by atoms with E-state index in [2.05, 4.69) is 73.1 Å². The molecule has 0 bridgehead atoms. The smallest absolute Gasteiger partial charge is 0.265 e. The van der Waals surface area contributed by atoms with E-state index in [0.717, 1.165) is 87.7 Å². The van der Waals surface area contributed by atoms with E-state index in [0.29, 0.717) is 89.0 Å². The van der Waals surface area contributed by atoms with Gasteiger partial charge in [-0.05, 0) is 140 Å². The van der Waals surface area contributed by atoms with E-state index in [4.69, 9.17) is 23.9 Å². The maximum Gasteiger partial charge on any atom is 0.265 e. The summed E-state index contributed by atoms with van der Waals surface area (Å²) in [6.07, 6.45) is 12.4. The molecule has 0 radical (unpaired) electrons. The number of aliphatic hydroxyl groups is 1. The van der Waals surface area contributed by atoms with E-state index in [-0.39, 0.29) is 24.3 Å². The molecule has 3 aromatic heterocycles. The number of amides is 1. The monoisotopic (exact) mass is 958 g/mol. The molecule has 366 valence electrons. The van der Waals surface area contributed by atoms with Crippen LogP contribution < -0.4 is 24.4 Å². The number of hydrogen-bond donors (Lipinski definition) is 4. The number of aromatic nitrogens is 3. The molecule has 16 heteroatoms. The van der Waals surface area contributed by atoms with E-state index in [1.807, 2.05) is 43.5 Å². The molecule has 1 spiro atoms. The van der Waals surface area contributed by atoms with Crippen molar-refractivity contribution in [2.45, 2.75) is 113 Å². The van der Waals surface area contributed by atoms with Crippen molar-refractivity contribution in [3.8, 4) is 17.4 Å². The van der Waals surface area contributed by atoms with Gasteiger partial charge in [0.25, 0.3) is 11.8 Å². The molecule has 5 aliphatic rings. The van der Waals surface area contributed by atoms with Crippen LogP contribution in [0.2, 0.25) is 0 Å². The SMILES string of the molecule is CC(C)c1ccccc1[C@H]1CCC[C@H]1N1CC2(CCN(c3ccc(C(=O)NSc4cnc(NC[C@H]5CC[C@](C)(O)CC5)c(N=O)c4)c(Oc4cc5cc[nH]c5nc4OC[C@@H]4COCCO4)c3)CC2)C1. The summed E-state index contributed by atoms with van der Waals surface area (Å²) in [5.41, 5.74) is 4.84. The molecule has 2 saturated carbocycles. The number of nitrogens with one attached hydrogen (secondary N) is 3. The van der Waals surface area contributed by atoms with E-state index in [9.17, 15) is 14.8 Å². The molecule has 5 aromatic rings. The fourth-order valence-electron chi connectivity index (χ4n) is 11.3. The van der Waals surface area contributed by atoms with Crippen molar-refractivity contribution in [3.05, 3.63) is 94.7 Å². The standard InChI is InChI=1S/C53H66N8O7S/c1-34(2)40-7-4-5-8-41(40)42-9-6-10-45(42)61-32-53(33-61)18-21-60(22-19-53)37-11-12-43(46(26-37)68-47-25-36-15-20-54-48(36)57-51(47)67-31-38-30-65-23-24-66-38)50(62)59-69-39-27-44(58-64)49(56-29-39)55-28-35-13-16-52(3,63)17-14-35/h4-5,7-8,11-12,15,20,25-27,29,34-35,38,42,45,63H,6,9-10,13-14,16-19,21-24,28,30-33H2,1-3H3,(H,54,57)(H,55,56)(H,59,62)/t35-,38-,42+,45+,52-/m0/s1. The highest BCUT2D eigenvalue weighted by atomic mass is 32.2. The first kappa shape index (κ1) is 47.4. The summed E-state index contributed by atoms with van der Waals surface area (Å²) in [6.45, 7) is 12.9. The highest BCUT2D eigenvalue weighted by Gasteiger charge is 2.49. The third-order valence-corrected chi connectivity index (χ3v) is 16.1. The Kier molecular flexibility index (Phi) is 14.2. The van der Waals surface area contributed by atoms with Crippen LogP contribution >= 0.6 is 11.9 Å². The number of anilines is 2. The molecule has 0 unspecified atom stereocenters. The van der Waals surface area contributed by atoms with Gasteiger partial charge in [-0.15, -0.1) is 4.91 Å². The van der Waals surface area contributed by atoms with Crippen molar-refractivity contribution in [3.63, 3.8) is 0 Å². The molecule has 6 heterocycles. The van der Waals surface area contributed by atoms with Crippen LogP contribution in [0.5, 0.6) is 17.4 Å². The van der Waals surface area contributed by atoms with Crippen molar-refractivity contribution in [2.75, 3.05) is 69.4 Å². The Morgan fingerprint density at radius 1 is 1.01 bits per heavy atom. The molecule has 1 amide bonds. The van der Waals surface area contributed by atoms with Gasteiger partial charge in [0.1, 0.15) is 24.1 Å². The van der Waals surface area contributed by atoms with Crippen LogP contribution in [0, 0.1) is 16.2 Å². The summed E-state index contributed by atoms with van der Waals surface area (Å²) >= 11 is 1.05. The van der Waals surface area contributed by atoms with Crippen LogP contribution in [0.1, 0.15) is 112 Å². The van der Waals surface area contributed by atoms with Gasteiger partial charge in [-0.3, -0.25) is 14.4 Å². The topological polar surface area (TPSA) is 176 Å². The first-order valence-electron chi connectivity index (χ1n) is 25.0. The number of aromatic amines is 1. The number of ether oxygens (including phenoxy) is 4. The van der Waals surface area contributed by atoms with Gasteiger partial charge in [0.05, 0.1) is 31.0 Å². The number of fused-ring (bicyclic) bond motifs is 1. The minimum atomic E-state index is -0.620. The third-order valence-electron chi connectivity index (χ3n) is 15.4. The summed E-state index contributed by atoms with van der Waals surface area (Å²) < 4.78 is 27.4. The Labute approximate surface area is 408 Å². The van der Waals surface area contributed by atoms with Crippen molar-refractivity contribution in [1.29, 1.82) is 0 Å². The maximum absolute atomic E-state index is 14.2. The lowest BCUT2D eigenvalue weighted by molar-refractivity contribution is -0.102. The van der Waals surface area contributed by atoms with Crippen LogP contribution in [-0.4, -0.2) is 108 Å². The number of carbonyl (C=O) groups is 1. The van der Waals surface area contributed by atoms with Crippen LogP contribution in [0.4, 0.5) is 17.2 Å². The average molecular weight is 959 g/mol. The average Bonchev–Trinajstić information content (AvgIpc) is 4.04. The Morgan fingerprint density at radius 2 is 1.84 bits per heavy atom. The summed E-state index contributed by atoms with van der Waals surface area (Å²) in [5, 5.41) is 17.7. The Hall–Kier alpha value is -5.26. The minimum absolute atomic E-state index is 0.156. The Bertz CT molecular complexity index is 2590. The highest BCUT2D eigenvalue weighted by Crippen LogP contribution is 2.49. The first-order chi connectivity index (χ1) is 33.5. The van der Waals surface area contributed by atoms with Gasteiger partial charge in [0.2, 0.25) is 0 Å². The minimum Gasteiger partial charge on any atom is -0.472 e. The van der Waals surface area contributed by atoms with Gasteiger partial charge in [0.15, 0.2) is 17.3 Å². The molecular formula is C53H66N8O7S. The Morgan fingerprint density at radius 3 is 2.62 bits per heavy atom. The van der Waals surface area contributed by atoms with Crippen molar-refractivity contribution in [1.82, 2.24) is 24.6 Å². The van der Waals surface area contributed by atoms with Gasteiger partial charge in [0, 0.05) is 73.2 Å². The number of piperidine rings is 1. The molecular weight excluding hydrogens is 893 g/mol. The van der Waals surface area contributed by atoms with Gasteiger partial charge < -0.3 is 39.3 Å². The fourth-order valence-corrected chi connectivity index (χ4v) is 11.9. The normalized spacial score (nSPS) is 24.9. The summed E-state index contributed by atoms with van der Waals surface area (Å²) in [6, 6.07) is 20.9. The molecule has 2 aromatic carbocycles. The number of H-pyrrole nitrogens is 1. The maximum atomic E-state index is 14.2.